The zero-order valence-electron chi connectivity index (χ0n) is 9.80. The van der Waals surface area contributed by atoms with Crippen LogP contribution in [-0.2, 0) is 9.57 Å². The Bertz CT molecular complexity index is 459. The molecule has 1 saturated heterocycles. The van der Waals surface area contributed by atoms with Crippen LogP contribution < -0.4 is 0 Å². The van der Waals surface area contributed by atoms with E-state index in [-0.39, 0.29) is 0 Å². The summed E-state index contributed by atoms with van der Waals surface area (Å²) in [6, 6.07) is 6.70. The van der Waals surface area contributed by atoms with Gasteiger partial charge in [-0.2, -0.15) is 0 Å². The summed E-state index contributed by atoms with van der Waals surface area (Å²) in [5.41, 5.74) is 0.775. The first-order valence-corrected chi connectivity index (χ1v) is 6.03. The molecule has 5 heteroatoms. The van der Waals surface area contributed by atoms with Crippen LogP contribution in [-0.4, -0.2) is 29.8 Å². The lowest BCUT2D eigenvalue weighted by molar-refractivity contribution is -0.246. The van der Waals surface area contributed by atoms with Crippen molar-refractivity contribution in [3.05, 3.63) is 35.4 Å². The Balaban J connectivity index is 1.79. The minimum Gasteiger partial charge on any atom is -0.350 e. The molecule has 1 atom stereocenters. The Hall–Kier alpha value is -1.72. The van der Waals surface area contributed by atoms with Crippen molar-refractivity contribution in [1.29, 1.82) is 0 Å². The summed E-state index contributed by atoms with van der Waals surface area (Å²) in [6.07, 6.45) is 2.17. The quantitative estimate of drug-likeness (QED) is 0.747. The third-order valence-corrected chi connectivity index (χ3v) is 3.12. The summed E-state index contributed by atoms with van der Waals surface area (Å²) in [7, 11) is 0. The number of hydrogen-bond acceptors (Lipinski definition) is 4. The number of ether oxygens (including phenoxy) is 1. The molecule has 5 nitrogen and oxygen atoms in total. The fraction of sp³-hybridized carbons (Fsp3) is 0.385. The maximum absolute atomic E-state index is 12.0. The largest absolute Gasteiger partial charge is 0.350 e. The van der Waals surface area contributed by atoms with Gasteiger partial charge in [-0.3, -0.25) is 9.59 Å². The van der Waals surface area contributed by atoms with Gasteiger partial charge >= 0.3 is 0 Å². The summed E-state index contributed by atoms with van der Waals surface area (Å²) in [6.45, 7) is 0.605. The fourth-order valence-corrected chi connectivity index (χ4v) is 2.17. The van der Waals surface area contributed by atoms with Gasteiger partial charge in [0, 0.05) is 13.0 Å². The van der Waals surface area contributed by atoms with Crippen LogP contribution in [0.3, 0.4) is 0 Å². The normalized spacial score (nSPS) is 23.3. The van der Waals surface area contributed by atoms with Crippen molar-refractivity contribution in [3.63, 3.8) is 0 Å². The van der Waals surface area contributed by atoms with Crippen LogP contribution in [0, 0.1) is 0 Å². The third kappa shape index (κ3) is 1.81. The first kappa shape index (κ1) is 11.4. The number of carbonyl (C=O) groups is 2. The van der Waals surface area contributed by atoms with Crippen molar-refractivity contribution < 1.29 is 19.2 Å². The molecule has 94 valence electrons. The average molecular weight is 247 g/mol. The average Bonchev–Trinajstić information content (AvgIpc) is 2.66. The number of nitrogens with zero attached hydrogens (tertiary/aromatic N) is 1. The summed E-state index contributed by atoms with van der Waals surface area (Å²) in [4.78, 5) is 29.4. The van der Waals surface area contributed by atoms with Crippen molar-refractivity contribution in [3.8, 4) is 0 Å². The topological polar surface area (TPSA) is 55.8 Å². The highest BCUT2D eigenvalue weighted by molar-refractivity contribution is 6.20. The zero-order valence-corrected chi connectivity index (χ0v) is 9.80. The van der Waals surface area contributed by atoms with Gasteiger partial charge in [-0.25, -0.2) is 4.84 Å². The number of benzene rings is 1. The summed E-state index contributed by atoms with van der Waals surface area (Å²) >= 11 is 0. The molecule has 0 bridgehead atoms. The summed E-state index contributed by atoms with van der Waals surface area (Å²) in [5.74, 6) is -0.824. The van der Waals surface area contributed by atoms with Crippen molar-refractivity contribution in [2.75, 3.05) is 6.61 Å². The lowest BCUT2D eigenvalue weighted by Gasteiger charge is -2.25. The Morgan fingerprint density at radius 2 is 1.78 bits per heavy atom. The maximum Gasteiger partial charge on any atom is 0.285 e. The number of hydroxylamine groups is 2. The van der Waals surface area contributed by atoms with E-state index in [1.807, 2.05) is 0 Å². The Labute approximate surface area is 104 Å². The highest BCUT2D eigenvalue weighted by atomic mass is 16.8. The van der Waals surface area contributed by atoms with E-state index in [2.05, 4.69) is 0 Å². The Kier molecular flexibility index (Phi) is 2.85. The van der Waals surface area contributed by atoms with Crippen LogP contribution in [0.1, 0.15) is 40.0 Å². The van der Waals surface area contributed by atoms with Crippen LogP contribution >= 0.6 is 0 Å². The Morgan fingerprint density at radius 3 is 2.33 bits per heavy atom. The fourth-order valence-electron chi connectivity index (χ4n) is 2.17. The first-order chi connectivity index (χ1) is 8.77. The van der Waals surface area contributed by atoms with Crippen molar-refractivity contribution in [1.82, 2.24) is 5.06 Å². The number of fused-ring (bicyclic) bond motifs is 1. The lowest BCUT2D eigenvalue weighted by atomic mass is 10.1. The summed E-state index contributed by atoms with van der Waals surface area (Å²) < 4.78 is 5.37. The van der Waals surface area contributed by atoms with Gasteiger partial charge in [-0.1, -0.05) is 12.1 Å². The molecule has 0 N–H and O–H groups in total. The molecule has 0 unspecified atom stereocenters. The van der Waals surface area contributed by atoms with Gasteiger partial charge in [0.15, 0.2) is 6.29 Å². The molecule has 1 aromatic carbocycles. The molecule has 3 rings (SSSR count). The second-order valence-corrected chi connectivity index (χ2v) is 4.35. The molecule has 18 heavy (non-hydrogen) atoms. The molecule has 0 aliphatic carbocycles. The van der Waals surface area contributed by atoms with Crippen LogP contribution in [0.2, 0.25) is 0 Å². The van der Waals surface area contributed by atoms with E-state index in [0.29, 0.717) is 24.2 Å². The molecule has 0 saturated carbocycles. The van der Waals surface area contributed by atoms with Gasteiger partial charge in [0.2, 0.25) is 0 Å². The molecule has 2 amide bonds. The van der Waals surface area contributed by atoms with Crippen LogP contribution in [0.25, 0.3) is 0 Å². The summed E-state index contributed by atoms with van der Waals surface area (Å²) in [5, 5.41) is 0.820. The van der Waals surface area contributed by atoms with Crippen molar-refractivity contribution >= 4 is 11.8 Å². The lowest BCUT2D eigenvalue weighted by Crippen LogP contribution is -2.37. The van der Waals surface area contributed by atoms with Crippen LogP contribution in [0.15, 0.2) is 24.3 Å². The van der Waals surface area contributed by atoms with Gasteiger partial charge < -0.3 is 4.74 Å². The Morgan fingerprint density at radius 1 is 1.11 bits per heavy atom. The van der Waals surface area contributed by atoms with E-state index in [0.717, 1.165) is 17.9 Å². The number of amides is 2. The number of rotatable bonds is 2. The highest BCUT2D eigenvalue weighted by Crippen LogP contribution is 2.25. The molecule has 2 heterocycles. The first-order valence-electron chi connectivity index (χ1n) is 6.03. The van der Waals surface area contributed by atoms with Gasteiger partial charge in [-0.05, 0) is 25.0 Å². The number of imide groups is 1. The minimum atomic E-state index is -0.499. The molecular weight excluding hydrogens is 234 g/mol. The zero-order chi connectivity index (χ0) is 12.5. The number of hydrogen-bond donors (Lipinski definition) is 0. The monoisotopic (exact) mass is 247 g/mol. The van der Waals surface area contributed by atoms with Crippen molar-refractivity contribution in [2.24, 2.45) is 0 Å². The van der Waals surface area contributed by atoms with E-state index >= 15 is 0 Å². The number of carbonyl (C=O) groups excluding carboxylic acids is 2. The molecule has 2 aliphatic heterocycles. The SMILES string of the molecule is O=C1c2ccccc2C(=O)N1O[C@H]1CCCCO1. The maximum atomic E-state index is 12.0. The van der Waals surface area contributed by atoms with Crippen LogP contribution in [0.5, 0.6) is 0 Å². The third-order valence-electron chi connectivity index (χ3n) is 3.12. The second-order valence-electron chi connectivity index (χ2n) is 4.35. The second kappa shape index (κ2) is 4.51. The minimum absolute atomic E-state index is 0.387. The van der Waals surface area contributed by atoms with Crippen LogP contribution in [0.4, 0.5) is 0 Å². The molecule has 2 aliphatic rings. The molecule has 0 radical (unpaired) electrons. The van der Waals surface area contributed by atoms with Gasteiger partial charge in [-0.15, -0.1) is 5.06 Å². The molecule has 0 spiro atoms. The van der Waals surface area contributed by atoms with E-state index in [9.17, 15) is 9.59 Å². The predicted molar refractivity (Wildman–Crippen MR) is 61.6 cm³/mol. The molecular formula is C13H13NO4. The molecule has 0 aromatic heterocycles. The van der Waals surface area contributed by atoms with E-state index < -0.39 is 18.1 Å². The molecule has 1 fully saturated rings. The van der Waals surface area contributed by atoms with Crippen molar-refractivity contribution in [2.45, 2.75) is 25.6 Å². The van der Waals surface area contributed by atoms with Gasteiger partial charge in [0.25, 0.3) is 11.8 Å². The van der Waals surface area contributed by atoms with Gasteiger partial charge in [0.05, 0.1) is 11.1 Å². The van der Waals surface area contributed by atoms with Gasteiger partial charge in [0.1, 0.15) is 0 Å². The standard InChI is InChI=1S/C13H13NO4/c15-12-9-5-1-2-6-10(9)13(16)14(12)18-11-7-3-4-8-17-11/h1-2,5-6,11H,3-4,7-8H2/t11-/m0/s1. The van der Waals surface area contributed by atoms with E-state index in [4.69, 9.17) is 9.57 Å². The highest BCUT2D eigenvalue weighted by Gasteiger charge is 2.38. The molecule has 1 aromatic rings. The van der Waals surface area contributed by atoms with E-state index in [1.54, 1.807) is 24.3 Å². The predicted octanol–water partition coefficient (Wildman–Crippen LogP) is 1.74. The smallest absolute Gasteiger partial charge is 0.285 e. The van der Waals surface area contributed by atoms with E-state index in [1.165, 1.54) is 0 Å².